The first-order valence-electron chi connectivity index (χ1n) is 7.22. The maximum atomic E-state index is 12.3. The lowest BCUT2D eigenvalue weighted by atomic mass is 10.1. The Balaban J connectivity index is 2.12. The van der Waals surface area contributed by atoms with Crippen molar-refractivity contribution < 1.29 is 13.2 Å². The van der Waals surface area contributed by atoms with E-state index in [1.165, 1.54) is 0 Å². The number of ether oxygens (including phenoxy) is 1. The quantitative estimate of drug-likeness (QED) is 0.820. The van der Waals surface area contributed by atoms with Crippen LogP contribution in [0.3, 0.4) is 0 Å². The standard InChI is InChI=1S/C15H23NO3S/c1-2-19-15-8-7-14(16)9-13(15)11-20(17,18)10-12-5-3-4-6-12/h7-9,12H,2-6,10-11,16H2,1H3. The van der Waals surface area contributed by atoms with Crippen LogP contribution in [0.2, 0.25) is 0 Å². The Labute approximate surface area is 121 Å². The first kappa shape index (κ1) is 15.2. The second kappa shape index (κ2) is 6.48. The van der Waals surface area contributed by atoms with Crippen LogP contribution in [0.5, 0.6) is 5.75 Å². The highest BCUT2D eigenvalue weighted by Gasteiger charge is 2.24. The van der Waals surface area contributed by atoms with Crippen molar-refractivity contribution in [2.75, 3.05) is 18.1 Å². The fourth-order valence-corrected chi connectivity index (χ4v) is 4.71. The predicted molar refractivity (Wildman–Crippen MR) is 81.5 cm³/mol. The van der Waals surface area contributed by atoms with Gasteiger partial charge in [-0.2, -0.15) is 0 Å². The molecule has 1 aromatic rings. The average molecular weight is 297 g/mol. The summed E-state index contributed by atoms with van der Waals surface area (Å²) in [6.45, 7) is 2.40. The Hall–Kier alpha value is -1.23. The zero-order valence-electron chi connectivity index (χ0n) is 12.0. The van der Waals surface area contributed by atoms with Crippen molar-refractivity contribution in [3.8, 4) is 5.75 Å². The molecule has 1 aliphatic carbocycles. The maximum absolute atomic E-state index is 12.3. The molecule has 1 aliphatic rings. The Morgan fingerprint density at radius 3 is 2.65 bits per heavy atom. The number of nitrogen functional groups attached to an aromatic ring is 1. The normalized spacial score (nSPS) is 16.4. The number of hydrogen-bond donors (Lipinski definition) is 1. The summed E-state index contributed by atoms with van der Waals surface area (Å²) in [5.74, 6) is 1.25. The van der Waals surface area contributed by atoms with Gasteiger partial charge in [-0.25, -0.2) is 8.42 Å². The average Bonchev–Trinajstić information content (AvgIpc) is 2.84. The van der Waals surface area contributed by atoms with E-state index < -0.39 is 9.84 Å². The Kier molecular flexibility index (Phi) is 4.91. The summed E-state index contributed by atoms with van der Waals surface area (Å²) in [6, 6.07) is 5.19. The zero-order valence-corrected chi connectivity index (χ0v) is 12.8. The molecule has 5 heteroatoms. The van der Waals surface area contributed by atoms with Gasteiger partial charge in [0, 0.05) is 11.3 Å². The molecule has 0 saturated heterocycles. The Bertz CT molecular complexity index is 548. The van der Waals surface area contributed by atoms with Gasteiger partial charge in [0.1, 0.15) is 5.75 Å². The molecule has 0 aromatic heterocycles. The lowest BCUT2D eigenvalue weighted by molar-refractivity contribution is 0.337. The van der Waals surface area contributed by atoms with Crippen LogP contribution >= 0.6 is 0 Å². The minimum absolute atomic E-state index is 0.0177. The first-order chi connectivity index (χ1) is 9.50. The minimum atomic E-state index is -3.11. The van der Waals surface area contributed by atoms with E-state index in [-0.39, 0.29) is 11.5 Å². The Morgan fingerprint density at radius 2 is 2.00 bits per heavy atom. The van der Waals surface area contributed by atoms with Crippen LogP contribution in [-0.4, -0.2) is 20.8 Å². The van der Waals surface area contributed by atoms with Gasteiger partial charge in [-0.15, -0.1) is 0 Å². The molecule has 0 heterocycles. The lowest BCUT2D eigenvalue weighted by Crippen LogP contribution is -2.16. The number of benzene rings is 1. The van der Waals surface area contributed by atoms with Crippen molar-refractivity contribution in [1.29, 1.82) is 0 Å². The molecule has 112 valence electrons. The Morgan fingerprint density at radius 1 is 1.30 bits per heavy atom. The van der Waals surface area contributed by atoms with E-state index in [0.717, 1.165) is 25.7 Å². The molecule has 0 radical (unpaired) electrons. The fourth-order valence-electron chi connectivity index (χ4n) is 2.84. The van der Waals surface area contributed by atoms with Gasteiger partial charge in [0.05, 0.1) is 18.1 Å². The highest BCUT2D eigenvalue weighted by Crippen LogP contribution is 2.29. The maximum Gasteiger partial charge on any atom is 0.154 e. The molecule has 0 amide bonds. The van der Waals surface area contributed by atoms with Crippen molar-refractivity contribution in [2.24, 2.45) is 5.92 Å². The molecule has 0 atom stereocenters. The van der Waals surface area contributed by atoms with Crippen LogP contribution in [-0.2, 0) is 15.6 Å². The van der Waals surface area contributed by atoms with Crippen molar-refractivity contribution >= 4 is 15.5 Å². The van der Waals surface area contributed by atoms with Crippen molar-refractivity contribution in [3.63, 3.8) is 0 Å². The summed E-state index contributed by atoms with van der Waals surface area (Å²) in [6.07, 6.45) is 4.38. The molecule has 2 rings (SSSR count). The molecule has 0 bridgehead atoms. The summed E-state index contributed by atoms with van der Waals surface area (Å²) in [7, 11) is -3.11. The van der Waals surface area contributed by atoms with Gasteiger partial charge >= 0.3 is 0 Å². The first-order valence-corrected chi connectivity index (χ1v) is 9.04. The topological polar surface area (TPSA) is 69.4 Å². The summed E-state index contributed by atoms with van der Waals surface area (Å²) in [4.78, 5) is 0. The van der Waals surface area contributed by atoms with Gasteiger partial charge in [-0.05, 0) is 43.9 Å². The smallest absolute Gasteiger partial charge is 0.154 e. The van der Waals surface area contributed by atoms with Gasteiger partial charge in [0.25, 0.3) is 0 Å². The molecular weight excluding hydrogens is 274 g/mol. The van der Waals surface area contributed by atoms with E-state index in [2.05, 4.69) is 0 Å². The number of nitrogens with two attached hydrogens (primary N) is 1. The molecule has 1 fully saturated rings. The molecular formula is C15H23NO3S. The summed E-state index contributed by atoms with van der Waals surface area (Å²) >= 11 is 0. The number of sulfone groups is 1. The van der Waals surface area contributed by atoms with Crippen LogP contribution in [0.25, 0.3) is 0 Å². The predicted octanol–water partition coefficient (Wildman–Crippen LogP) is 2.77. The van der Waals surface area contributed by atoms with E-state index >= 15 is 0 Å². The van der Waals surface area contributed by atoms with Gasteiger partial charge < -0.3 is 10.5 Å². The second-order valence-corrected chi connectivity index (χ2v) is 7.61. The summed E-state index contributed by atoms with van der Waals surface area (Å²) in [5, 5.41) is 0. The molecule has 4 nitrogen and oxygen atoms in total. The van der Waals surface area contributed by atoms with Crippen LogP contribution in [0.15, 0.2) is 18.2 Å². The van der Waals surface area contributed by atoms with Gasteiger partial charge in [0.2, 0.25) is 0 Å². The molecule has 1 aromatic carbocycles. The number of anilines is 1. The molecule has 0 spiro atoms. The summed E-state index contributed by atoms with van der Waals surface area (Å²) in [5.41, 5.74) is 7.00. The molecule has 0 unspecified atom stereocenters. The minimum Gasteiger partial charge on any atom is -0.494 e. The van der Waals surface area contributed by atoms with E-state index in [1.54, 1.807) is 18.2 Å². The van der Waals surface area contributed by atoms with Crippen molar-refractivity contribution in [3.05, 3.63) is 23.8 Å². The number of rotatable bonds is 6. The van der Waals surface area contributed by atoms with Crippen molar-refractivity contribution in [1.82, 2.24) is 0 Å². The SMILES string of the molecule is CCOc1ccc(N)cc1CS(=O)(=O)CC1CCCC1. The lowest BCUT2D eigenvalue weighted by Gasteiger charge is -2.13. The monoisotopic (exact) mass is 297 g/mol. The van der Waals surface area contributed by atoms with E-state index in [4.69, 9.17) is 10.5 Å². The third kappa shape index (κ3) is 4.13. The highest BCUT2D eigenvalue weighted by atomic mass is 32.2. The van der Waals surface area contributed by atoms with Crippen LogP contribution in [0.1, 0.15) is 38.2 Å². The second-order valence-electron chi connectivity index (χ2n) is 5.51. The van der Waals surface area contributed by atoms with E-state index in [9.17, 15) is 8.42 Å². The largest absolute Gasteiger partial charge is 0.494 e. The highest BCUT2D eigenvalue weighted by molar-refractivity contribution is 7.90. The van der Waals surface area contributed by atoms with Gasteiger partial charge in [-0.3, -0.25) is 0 Å². The van der Waals surface area contributed by atoms with Crippen LogP contribution < -0.4 is 10.5 Å². The third-order valence-corrected chi connectivity index (χ3v) is 5.45. The molecule has 20 heavy (non-hydrogen) atoms. The zero-order chi connectivity index (χ0) is 14.6. The van der Waals surface area contributed by atoms with Gasteiger partial charge in [0.15, 0.2) is 9.84 Å². The van der Waals surface area contributed by atoms with E-state index in [0.29, 0.717) is 29.5 Å². The van der Waals surface area contributed by atoms with Crippen LogP contribution in [0, 0.1) is 5.92 Å². The number of hydrogen-bond acceptors (Lipinski definition) is 4. The summed E-state index contributed by atoms with van der Waals surface area (Å²) < 4.78 is 30.1. The molecule has 0 aliphatic heterocycles. The molecule has 2 N–H and O–H groups in total. The fraction of sp³-hybridized carbons (Fsp3) is 0.600. The van der Waals surface area contributed by atoms with Crippen LogP contribution in [0.4, 0.5) is 5.69 Å². The molecule has 1 saturated carbocycles. The van der Waals surface area contributed by atoms with Gasteiger partial charge in [-0.1, -0.05) is 12.8 Å². The van der Waals surface area contributed by atoms with E-state index in [1.807, 2.05) is 6.92 Å². The van der Waals surface area contributed by atoms with Crippen molar-refractivity contribution in [2.45, 2.75) is 38.4 Å². The third-order valence-electron chi connectivity index (χ3n) is 3.72.